The van der Waals surface area contributed by atoms with Gasteiger partial charge in [-0.3, -0.25) is 4.79 Å². The molecule has 0 N–H and O–H groups in total. The zero-order chi connectivity index (χ0) is 9.14. The number of alkyl halides is 2. The molecular formula is C8H13F2NO. The largest absolute Gasteiger partial charge is 0.342 e. The van der Waals surface area contributed by atoms with Crippen LogP contribution in [0.5, 0.6) is 0 Å². The Hall–Kier alpha value is -0.670. The third-order valence-electron chi connectivity index (χ3n) is 2.08. The first kappa shape index (κ1) is 9.42. The molecule has 0 radical (unpaired) electrons. The summed E-state index contributed by atoms with van der Waals surface area (Å²) < 4.78 is 23.9. The summed E-state index contributed by atoms with van der Waals surface area (Å²) in [5.74, 6) is -0.569. The Bertz CT molecular complexity index is 166. The Balaban J connectivity index is 2.20. The molecule has 70 valence electrons. The zero-order valence-electron chi connectivity index (χ0n) is 7.09. The Kier molecular flexibility index (Phi) is 3.00. The molecule has 2 nitrogen and oxygen atoms in total. The summed E-state index contributed by atoms with van der Waals surface area (Å²) in [5, 5.41) is 0. The molecule has 0 aromatic carbocycles. The SMILES string of the molecule is CCCC(=O)N1CC(C(F)F)C1. The highest BCUT2D eigenvalue weighted by molar-refractivity contribution is 5.76. The monoisotopic (exact) mass is 177 g/mol. The molecule has 0 aromatic rings. The second-order valence-corrected chi connectivity index (χ2v) is 3.14. The number of halogens is 2. The number of likely N-dealkylation sites (tertiary alicyclic amines) is 1. The van der Waals surface area contributed by atoms with Crippen molar-refractivity contribution in [2.75, 3.05) is 13.1 Å². The highest BCUT2D eigenvalue weighted by Gasteiger charge is 2.35. The minimum absolute atomic E-state index is 0.00870. The molecule has 1 aliphatic heterocycles. The summed E-state index contributed by atoms with van der Waals surface area (Å²) in [6.45, 7) is 2.40. The van der Waals surface area contributed by atoms with Crippen molar-refractivity contribution in [3.05, 3.63) is 0 Å². The number of carbonyl (C=O) groups is 1. The van der Waals surface area contributed by atoms with E-state index >= 15 is 0 Å². The van der Waals surface area contributed by atoms with Crippen LogP contribution in [-0.2, 0) is 4.79 Å². The van der Waals surface area contributed by atoms with Crippen LogP contribution in [0, 0.1) is 5.92 Å². The molecule has 0 spiro atoms. The molecule has 0 aromatic heterocycles. The number of hydrogen-bond acceptors (Lipinski definition) is 1. The molecule has 12 heavy (non-hydrogen) atoms. The van der Waals surface area contributed by atoms with Crippen LogP contribution < -0.4 is 0 Å². The zero-order valence-corrected chi connectivity index (χ0v) is 7.09. The second kappa shape index (κ2) is 3.83. The first-order valence-corrected chi connectivity index (χ1v) is 4.21. The quantitative estimate of drug-likeness (QED) is 0.639. The Morgan fingerprint density at radius 2 is 2.17 bits per heavy atom. The number of hydrogen-bond donors (Lipinski definition) is 0. The van der Waals surface area contributed by atoms with E-state index in [4.69, 9.17) is 0 Å². The van der Waals surface area contributed by atoms with Gasteiger partial charge in [0.05, 0.1) is 5.92 Å². The van der Waals surface area contributed by atoms with Crippen molar-refractivity contribution in [2.24, 2.45) is 5.92 Å². The molecule has 1 aliphatic rings. The minimum atomic E-state index is -2.27. The van der Waals surface area contributed by atoms with Gasteiger partial charge < -0.3 is 4.90 Å². The van der Waals surface area contributed by atoms with Crippen LogP contribution in [0.1, 0.15) is 19.8 Å². The number of nitrogens with zero attached hydrogens (tertiary/aromatic N) is 1. The molecule has 0 atom stereocenters. The fraction of sp³-hybridized carbons (Fsp3) is 0.875. The van der Waals surface area contributed by atoms with Gasteiger partial charge in [0.1, 0.15) is 0 Å². The second-order valence-electron chi connectivity index (χ2n) is 3.14. The van der Waals surface area contributed by atoms with Gasteiger partial charge in [0, 0.05) is 19.5 Å². The molecule has 1 fully saturated rings. The summed E-state index contributed by atoms with van der Waals surface area (Å²) >= 11 is 0. The molecule has 0 unspecified atom stereocenters. The first-order valence-electron chi connectivity index (χ1n) is 4.21. The average molecular weight is 177 g/mol. The molecule has 0 saturated carbocycles. The van der Waals surface area contributed by atoms with Crippen molar-refractivity contribution in [3.8, 4) is 0 Å². The van der Waals surface area contributed by atoms with Gasteiger partial charge in [-0.1, -0.05) is 6.92 Å². The smallest absolute Gasteiger partial charge is 0.244 e. The van der Waals surface area contributed by atoms with Crippen LogP contribution >= 0.6 is 0 Å². The van der Waals surface area contributed by atoms with E-state index in [-0.39, 0.29) is 19.0 Å². The molecule has 1 amide bonds. The molecule has 0 aliphatic carbocycles. The van der Waals surface area contributed by atoms with E-state index in [1.54, 1.807) is 0 Å². The van der Waals surface area contributed by atoms with E-state index in [1.165, 1.54) is 4.90 Å². The van der Waals surface area contributed by atoms with Crippen LogP contribution in [0.3, 0.4) is 0 Å². The summed E-state index contributed by atoms with van der Waals surface area (Å²) in [6.07, 6.45) is -0.999. The minimum Gasteiger partial charge on any atom is -0.342 e. The summed E-state index contributed by atoms with van der Waals surface area (Å²) in [5.41, 5.74) is 0. The lowest BCUT2D eigenvalue weighted by Crippen LogP contribution is -2.52. The highest BCUT2D eigenvalue weighted by Crippen LogP contribution is 2.22. The predicted octanol–water partition coefficient (Wildman–Crippen LogP) is 1.51. The molecule has 1 heterocycles. The van der Waals surface area contributed by atoms with Gasteiger partial charge in [0.25, 0.3) is 0 Å². The average Bonchev–Trinajstić information content (AvgIpc) is 1.82. The lowest BCUT2D eigenvalue weighted by molar-refractivity contribution is -0.141. The maximum Gasteiger partial charge on any atom is 0.244 e. The number of carbonyl (C=O) groups excluding carboxylic acids is 1. The number of rotatable bonds is 3. The third kappa shape index (κ3) is 1.93. The molecule has 0 bridgehead atoms. The van der Waals surface area contributed by atoms with Crippen LogP contribution in [0.15, 0.2) is 0 Å². The van der Waals surface area contributed by atoms with Gasteiger partial charge in [-0.15, -0.1) is 0 Å². The summed E-state index contributed by atoms with van der Waals surface area (Å²) in [6, 6.07) is 0. The van der Waals surface area contributed by atoms with Gasteiger partial charge in [-0.05, 0) is 6.42 Å². The fourth-order valence-corrected chi connectivity index (χ4v) is 1.25. The van der Waals surface area contributed by atoms with Gasteiger partial charge in [-0.25, -0.2) is 8.78 Å². The molecule has 1 saturated heterocycles. The van der Waals surface area contributed by atoms with Gasteiger partial charge in [-0.2, -0.15) is 0 Å². The van der Waals surface area contributed by atoms with E-state index in [9.17, 15) is 13.6 Å². The van der Waals surface area contributed by atoms with Gasteiger partial charge in [0.15, 0.2) is 0 Å². The van der Waals surface area contributed by atoms with E-state index in [2.05, 4.69) is 0 Å². The normalized spacial score (nSPS) is 18.2. The van der Waals surface area contributed by atoms with Crippen molar-refractivity contribution >= 4 is 5.91 Å². The van der Waals surface area contributed by atoms with E-state index in [0.717, 1.165) is 6.42 Å². The van der Waals surface area contributed by atoms with Crippen LogP contribution in [0.25, 0.3) is 0 Å². The predicted molar refractivity (Wildman–Crippen MR) is 41.0 cm³/mol. The van der Waals surface area contributed by atoms with Crippen molar-refractivity contribution in [3.63, 3.8) is 0 Å². The molecular weight excluding hydrogens is 164 g/mol. The van der Waals surface area contributed by atoms with Crippen molar-refractivity contribution in [1.29, 1.82) is 0 Å². The first-order chi connectivity index (χ1) is 5.65. The molecule has 1 rings (SSSR count). The van der Waals surface area contributed by atoms with Crippen molar-refractivity contribution in [2.45, 2.75) is 26.2 Å². The standard InChI is InChI=1S/C8H13F2NO/c1-2-3-7(12)11-4-6(5-11)8(9)10/h6,8H,2-5H2,1H3. The number of amides is 1. The Morgan fingerprint density at radius 3 is 2.58 bits per heavy atom. The van der Waals surface area contributed by atoms with Crippen LogP contribution in [0.2, 0.25) is 0 Å². The Morgan fingerprint density at radius 1 is 1.58 bits per heavy atom. The summed E-state index contributed by atoms with van der Waals surface area (Å²) in [4.78, 5) is 12.6. The highest BCUT2D eigenvalue weighted by atomic mass is 19.3. The maximum atomic E-state index is 12.0. The van der Waals surface area contributed by atoms with Gasteiger partial charge in [0.2, 0.25) is 12.3 Å². The molecule has 4 heteroatoms. The van der Waals surface area contributed by atoms with E-state index < -0.39 is 12.3 Å². The van der Waals surface area contributed by atoms with E-state index in [0.29, 0.717) is 6.42 Å². The van der Waals surface area contributed by atoms with Crippen LogP contribution in [-0.4, -0.2) is 30.3 Å². The van der Waals surface area contributed by atoms with Gasteiger partial charge >= 0.3 is 0 Å². The Labute approximate surface area is 70.5 Å². The van der Waals surface area contributed by atoms with Crippen molar-refractivity contribution in [1.82, 2.24) is 4.90 Å². The van der Waals surface area contributed by atoms with E-state index in [1.807, 2.05) is 6.92 Å². The maximum absolute atomic E-state index is 12.0. The lowest BCUT2D eigenvalue weighted by Gasteiger charge is -2.38. The van der Waals surface area contributed by atoms with Crippen molar-refractivity contribution < 1.29 is 13.6 Å². The summed E-state index contributed by atoms with van der Waals surface area (Å²) in [7, 11) is 0. The van der Waals surface area contributed by atoms with Crippen LogP contribution in [0.4, 0.5) is 8.78 Å². The third-order valence-corrected chi connectivity index (χ3v) is 2.08. The fourth-order valence-electron chi connectivity index (χ4n) is 1.25. The topological polar surface area (TPSA) is 20.3 Å². The lowest BCUT2D eigenvalue weighted by atomic mass is 10.0.